The quantitative estimate of drug-likeness (QED) is 0.745. The summed E-state index contributed by atoms with van der Waals surface area (Å²) in [5, 5.41) is 0. The van der Waals surface area contributed by atoms with Crippen LogP contribution in [0.3, 0.4) is 0 Å². The average molecular weight is 322 g/mol. The Labute approximate surface area is 142 Å². The van der Waals surface area contributed by atoms with E-state index in [1.165, 1.54) is 18.4 Å². The molecule has 1 saturated carbocycles. The van der Waals surface area contributed by atoms with Gasteiger partial charge in [-0.3, -0.25) is 14.6 Å². The van der Waals surface area contributed by atoms with Gasteiger partial charge in [0, 0.05) is 36.9 Å². The number of hydrogen-bond donors (Lipinski definition) is 0. The molecule has 3 fully saturated rings. The molecule has 1 spiro atoms. The largest absolute Gasteiger partial charge is 0.497 e. The van der Waals surface area contributed by atoms with Crippen LogP contribution in [-0.4, -0.2) is 36.7 Å². The van der Waals surface area contributed by atoms with Crippen molar-refractivity contribution in [2.75, 3.05) is 25.1 Å². The number of carbonyl (C=O) groups excluding carboxylic acids is 1. The minimum atomic E-state index is -0.110. The number of fused-ring (bicyclic) bond motifs is 3. The van der Waals surface area contributed by atoms with Gasteiger partial charge < -0.3 is 4.74 Å². The molecule has 2 saturated heterocycles. The number of anilines is 1. The predicted octanol–water partition coefficient (Wildman–Crippen LogP) is 2.90. The van der Waals surface area contributed by atoms with E-state index in [9.17, 15) is 4.79 Å². The van der Waals surface area contributed by atoms with E-state index in [0.717, 1.165) is 30.9 Å². The molecule has 4 heteroatoms. The Morgan fingerprint density at radius 1 is 1.29 bits per heavy atom. The second-order valence-corrected chi connectivity index (χ2v) is 8.10. The maximum absolute atomic E-state index is 13.2. The summed E-state index contributed by atoms with van der Waals surface area (Å²) in [4.78, 5) is 18.0. The van der Waals surface area contributed by atoms with E-state index >= 15 is 0 Å². The van der Waals surface area contributed by atoms with Crippen molar-refractivity contribution >= 4 is 11.6 Å². The monoisotopic (exact) mass is 322 g/mol. The number of ether oxygens (including phenoxy) is 1. The number of piperidine rings is 1. The molecule has 0 radical (unpaired) electrons. The minimum absolute atomic E-state index is 0.0203. The summed E-state index contributed by atoms with van der Waals surface area (Å²) in [5.41, 5.74) is 2.39. The van der Waals surface area contributed by atoms with E-state index in [4.69, 9.17) is 4.74 Å². The molecule has 4 aliphatic heterocycles. The molecule has 124 valence electrons. The van der Waals surface area contributed by atoms with E-state index in [-0.39, 0.29) is 11.1 Å². The third-order valence-corrected chi connectivity index (χ3v) is 7.53. The van der Waals surface area contributed by atoms with Crippen molar-refractivity contribution in [2.24, 2.45) is 11.3 Å². The number of rotatable bonds is 1. The summed E-state index contributed by atoms with van der Waals surface area (Å²) < 4.78 is 5.48. The van der Waals surface area contributed by atoms with E-state index in [1.807, 2.05) is 0 Å². The normalized spacial score (nSPS) is 41.4. The first kappa shape index (κ1) is 13.5. The molecular formula is C20H22N2O2. The lowest BCUT2D eigenvalue weighted by Crippen LogP contribution is -2.72. The van der Waals surface area contributed by atoms with Crippen LogP contribution in [0.4, 0.5) is 5.69 Å². The number of carbonyl (C=O) groups is 1. The van der Waals surface area contributed by atoms with Crippen LogP contribution >= 0.6 is 0 Å². The second kappa shape index (κ2) is 4.05. The van der Waals surface area contributed by atoms with Gasteiger partial charge >= 0.3 is 0 Å². The van der Waals surface area contributed by atoms with Gasteiger partial charge in [-0.1, -0.05) is 18.2 Å². The molecule has 4 atom stereocenters. The van der Waals surface area contributed by atoms with Gasteiger partial charge in [0.05, 0.1) is 12.8 Å². The summed E-state index contributed by atoms with van der Waals surface area (Å²) >= 11 is 0. The number of nitrogens with zero attached hydrogens (tertiary/aromatic N) is 2. The van der Waals surface area contributed by atoms with Gasteiger partial charge in [0.2, 0.25) is 5.91 Å². The summed E-state index contributed by atoms with van der Waals surface area (Å²) in [5.74, 6) is 2.30. The zero-order chi connectivity index (χ0) is 16.1. The number of amides is 1. The highest BCUT2D eigenvalue weighted by Gasteiger charge is 2.75. The Balaban J connectivity index is 1.69. The van der Waals surface area contributed by atoms with Crippen molar-refractivity contribution in [2.45, 2.75) is 37.3 Å². The van der Waals surface area contributed by atoms with Crippen LogP contribution in [0.5, 0.6) is 5.75 Å². The van der Waals surface area contributed by atoms with Crippen LogP contribution in [0.25, 0.3) is 0 Å². The van der Waals surface area contributed by atoms with E-state index in [1.54, 1.807) is 7.11 Å². The van der Waals surface area contributed by atoms with Crippen LogP contribution in [0.15, 0.2) is 30.4 Å². The summed E-state index contributed by atoms with van der Waals surface area (Å²) in [6.07, 6.45) is 8.97. The molecular weight excluding hydrogens is 300 g/mol. The predicted molar refractivity (Wildman–Crippen MR) is 91.1 cm³/mol. The minimum Gasteiger partial charge on any atom is -0.497 e. The molecule has 4 heterocycles. The molecule has 1 aromatic carbocycles. The van der Waals surface area contributed by atoms with Gasteiger partial charge in [-0.2, -0.15) is 0 Å². The highest BCUT2D eigenvalue weighted by Crippen LogP contribution is 2.71. The average Bonchev–Trinajstić information content (AvgIpc) is 3.06. The van der Waals surface area contributed by atoms with Crippen molar-refractivity contribution in [3.05, 3.63) is 35.9 Å². The number of benzene rings is 1. The molecule has 24 heavy (non-hydrogen) atoms. The Bertz CT molecular complexity index is 803. The van der Waals surface area contributed by atoms with Gasteiger partial charge in [-0.05, 0) is 36.8 Å². The smallest absolute Gasteiger partial charge is 0.229 e. The summed E-state index contributed by atoms with van der Waals surface area (Å²) in [7, 11) is 1.70. The van der Waals surface area contributed by atoms with Gasteiger partial charge in [0.25, 0.3) is 0 Å². The van der Waals surface area contributed by atoms with E-state index in [0.29, 0.717) is 24.2 Å². The van der Waals surface area contributed by atoms with Gasteiger partial charge in [0.1, 0.15) is 11.4 Å². The molecule has 1 aliphatic carbocycles. The van der Waals surface area contributed by atoms with Crippen LogP contribution in [-0.2, 0) is 4.79 Å². The standard InChI is InChI=1S/C20H22N2O2/c1-24-13-3-4-15-14-6-10-21-9-2-7-19-8-5-16(14)20(19,21)22(17(15)11-13)18(23)12-19/h2-4,7,11,14,16H,5-6,8-10,12H2,1H3/t14-,16+,19-,20-/m0/s1. The van der Waals surface area contributed by atoms with E-state index < -0.39 is 0 Å². The molecule has 2 bridgehead atoms. The molecule has 0 aromatic heterocycles. The molecule has 0 unspecified atom stereocenters. The van der Waals surface area contributed by atoms with Crippen molar-refractivity contribution in [3.63, 3.8) is 0 Å². The fourth-order valence-electron chi connectivity index (χ4n) is 6.90. The third kappa shape index (κ3) is 1.19. The van der Waals surface area contributed by atoms with Gasteiger partial charge in [-0.25, -0.2) is 0 Å². The lowest BCUT2D eigenvalue weighted by Gasteiger charge is -2.63. The lowest BCUT2D eigenvalue weighted by atomic mass is 9.63. The van der Waals surface area contributed by atoms with Crippen LogP contribution in [0.2, 0.25) is 0 Å². The van der Waals surface area contributed by atoms with E-state index in [2.05, 4.69) is 40.2 Å². The molecule has 4 nitrogen and oxygen atoms in total. The zero-order valence-electron chi connectivity index (χ0n) is 14.0. The highest BCUT2D eigenvalue weighted by atomic mass is 16.5. The first-order valence-corrected chi connectivity index (χ1v) is 9.15. The Morgan fingerprint density at radius 2 is 2.21 bits per heavy atom. The third-order valence-electron chi connectivity index (χ3n) is 7.53. The van der Waals surface area contributed by atoms with Crippen molar-refractivity contribution in [3.8, 4) is 5.75 Å². The molecule has 1 amide bonds. The topological polar surface area (TPSA) is 32.8 Å². The number of methoxy groups -OCH3 is 1. The van der Waals surface area contributed by atoms with Crippen LogP contribution in [0, 0.1) is 11.3 Å². The Morgan fingerprint density at radius 3 is 3.08 bits per heavy atom. The van der Waals surface area contributed by atoms with Crippen molar-refractivity contribution in [1.82, 2.24) is 4.90 Å². The van der Waals surface area contributed by atoms with Crippen molar-refractivity contribution < 1.29 is 9.53 Å². The van der Waals surface area contributed by atoms with Gasteiger partial charge in [-0.15, -0.1) is 0 Å². The maximum Gasteiger partial charge on any atom is 0.229 e. The molecule has 0 N–H and O–H groups in total. The Hall–Kier alpha value is -1.81. The first-order chi connectivity index (χ1) is 11.7. The first-order valence-electron chi connectivity index (χ1n) is 9.15. The fourth-order valence-corrected chi connectivity index (χ4v) is 6.90. The lowest BCUT2D eigenvalue weighted by molar-refractivity contribution is -0.119. The van der Waals surface area contributed by atoms with Crippen LogP contribution in [0.1, 0.15) is 37.2 Å². The summed E-state index contributed by atoms with van der Waals surface area (Å²) in [6, 6.07) is 6.37. The maximum atomic E-state index is 13.2. The van der Waals surface area contributed by atoms with Crippen LogP contribution < -0.4 is 9.64 Å². The highest BCUT2D eigenvalue weighted by molar-refractivity contribution is 6.01. The molecule has 1 aromatic rings. The fraction of sp³-hybridized carbons (Fsp3) is 0.550. The SMILES string of the molecule is COc1ccc2c(c1)N1C(=O)C[C@]34C=CCN5CC[C@@H]2[C@@H](CC3)[C@]514. The van der Waals surface area contributed by atoms with Gasteiger partial charge in [0.15, 0.2) is 0 Å². The molecule has 6 rings (SSSR count). The Kier molecular flexibility index (Phi) is 2.27. The second-order valence-electron chi connectivity index (χ2n) is 8.10. The number of hydrogen-bond acceptors (Lipinski definition) is 3. The summed E-state index contributed by atoms with van der Waals surface area (Å²) in [6.45, 7) is 2.08. The van der Waals surface area contributed by atoms with Crippen molar-refractivity contribution in [1.29, 1.82) is 0 Å². The molecule has 5 aliphatic rings. The zero-order valence-corrected chi connectivity index (χ0v) is 14.0.